The highest BCUT2D eigenvalue weighted by Crippen LogP contribution is 2.35. The predicted molar refractivity (Wildman–Crippen MR) is 113 cm³/mol. The van der Waals surface area contributed by atoms with Crippen molar-refractivity contribution in [3.8, 4) is 22.6 Å². The Hall–Kier alpha value is -2.76. The molecule has 0 amide bonds. The highest BCUT2D eigenvalue weighted by atomic mass is 35.5. The first-order valence-electron chi connectivity index (χ1n) is 8.85. The molecule has 0 radical (unpaired) electrons. The summed E-state index contributed by atoms with van der Waals surface area (Å²) < 4.78 is 12.7. The van der Waals surface area contributed by atoms with Gasteiger partial charge in [0.05, 0.1) is 6.54 Å². The Labute approximate surface area is 170 Å². The number of rotatable bonds is 3. The molecular weight excluding hydrogens is 394 g/mol. The van der Waals surface area contributed by atoms with Crippen LogP contribution in [0.25, 0.3) is 21.9 Å². The van der Waals surface area contributed by atoms with Crippen LogP contribution in [0.15, 0.2) is 58.0 Å². The van der Waals surface area contributed by atoms with Gasteiger partial charge in [-0.15, -0.1) is 0 Å². The van der Waals surface area contributed by atoms with E-state index < -0.39 is 0 Å². The number of nitrogens with zero attached hydrogens (tertiary/aromatic N) is 1. The summed E-state index contributed by atoms with van der Waals surface area (Å²) in [5.41, 5.74) is 4.00. The summed E-state index contributed by atoms with van der Waals surface area (Å²) in [6.07, 6.45) is 0. The monoisotopic (exact) mass is 409 g/mol. The van der Waals surface area contributed by atoms with Crippen molar-refractivity contribution in [1.82, 2.24) is 4.57 Å². The van der Waals surface area contributed by atoms with Crippen molar-refractivity contribution in [2.45, 2.75) is 13.5 Å². The van der Waals surface area contributed by atoms with Crippen molar-refractivity contribution in [2.24, 2.45) is 0 Å². The maximum Gasteiger partial charge on any atom is 0.258 e. The molecule has 0 saturated heterocycles. The van der Waals surface area contributed by atoms with Crippen LogP contribution >= 0.6 is 22.9 Å². The van der Waals surface area contributed by atoms with Crippen LogP contribution in [0, 0.1) is 6.92 Å². The topological polar surface area (TPSA) is 40.5 Å². The Morgan fingerprint density at radius 1 is 1.07 bits per heavy atom. The van der Waals surface area contributed by atoms with E-state index in [0.29, 0.717) is 22.7 Å². The minimum atomic E-state index is -0.0270. The number of pyridine rings is 1. The average molecular weight is 410 g/mol. The largest absolute Gasteiger partial charge is 0.454 e. The summed E-state index contributed by atoms with van der Waals surface area (Å²) in [6, 6.07) is 13.3. The van der Waals surface area contributed by atoms with E-state index in [1.54, 1.807) is 17.4 Å². The third-order valence-electron chi connectivity index (χ3n) is 5.08. The number of fused-ring (bicyclic) bond motifs is 2. The van der Waals surface area contributed by atoms with Crippen molar-refractivity contribution < 1.29 is 9.47 Å². The summed E-state index contributed by atoms with van der Waals surface area (Å²) in [7, 11) is 0. The Balaban J connectivity index is 1.73. The standard InChI is InChI=1S/C22H16ClNO3S/c1-13-21(15-6-7-28-11-15)18-9-16(23)3-4-17(18)22(25)24(13)10-14-2-5-19-20(8-14)27-12-26-19/h2-9,11H,10,12H2,1H3. The molecule has 0 atom stereocenters. The molecule has 6 heteroatoms. The lowest BCUT2D eigenvalue weighted by atomic mass is 9.99. The van der Waals surface area contributed by atoms with Crippen LogP contribution in [0.3, 0.4) is 0 Å². The van der Waals surface area contributed by atoms with E-state index in [4.69, 9.17) is 21.1 Å². The molecule has 0 fully saturated rings. The van der Waals surface area contributed by atoms with Crippen LogP contribution < -0.4 is 15.0 Å². The molecule has 0 bridgehead atoms. The van der Waals surface area contributed by atoms with Crippen molar-refractivity contribution >= 4 is 33.7 Å². The molecule has 2 aromatic carbocycles. The van der Waals surface area contributed by atoms with Gasteiger partial charge in [-0.1, -0.05) is 17.7 Å². The average Bonchev–Trinajstić information content (AvgIpc) is 3.36. The van der Waals surface area contributed by atoms with E-state index in [-0.39, 0.29) is 12.4 Å². The minimum absolute atomic E-state index is 0.0270. The van der Waals surface area contributed by atoms with E-state index in [1.807, 2.05) is 47.2 Å². The van der Waals surface area contributed by atoms with Gasteiger partial charge in [0.2, 0.25) is 6.79 Å². The van der Waals surface area contributed by atoms with Crippen LogP contribution in [-0.2, 0) is 6.54 Å². The van der Waals surface area contributed by atoms with Crippen LogP contribution in [0.4, 0.5) is 0 Å². The summed E-state index contributed by atoms with van der Waals surface area (Å²) in [6.45, 7) is 2.68. The first-order chi connectivity index (χ1) is 13.6. The van der Waals surface area contributed by atoms with Gasteiger partial charge in [0.1, 0.15) is 0 Å². The van der Waals surface area contributed by atoms with Crippen LogP contribution in [0.2, 0.25) is 5.02 Å². The van der Waals surface area contributed by atoms with Gasteiger partial charge in [-0.05, 0) is 70.6 Å². The highest BCUT2D eigenvalue weighted by Gasteiger charge is 2.18. The molecule has 1 aliphatic rings. The zero-order chi connectivity index (χ0) is 19.3. The maximum absolute atomic E-state index is 13.3. The van der Waals surface area contributed by atoms with Crippen LogP contribution in [-0.4, -0.2) is 11.4 Å². The minimum Gasteiger partial charge on any atom is -0.454 e. The molecule has 0 aliphatic carbocycles. The summed E-state index contributed by atoms with van der Waals surface area (Å²) in [5, 5.41) is 6.31. The third kappa shape index (κ3) is 2.79. The summed E-state index contributed by atoms with van der Waals surface area (Å²) >= 11 is 7.88. The second-order valence-corrected chi connectivity index (χ2v) is 7.96. The van der Waals surface area contributed by atoms with Crippen molar-refractivity contribution in [3.63, 3.8) is 0 Å². The SMILES string of the molecule is Cc1c(-c2ccsc2)c2cc(Cl)ccc2c(=O)n1Cc1ccc2c(c1)OCO2. The molecule has 0 N–H and O–H groups in total. The van der Waals surface area contributed by atoms with Gasteiger partial charge >= 0.3 is 0 Å². The fourth-order valence-electron chi connectivity index (χ4n) is 3.72. The van der Waals surface area contributed by atoms with Gasteiger partial charge in [0, 0.05) is 21.7 Å². The Morgan fingerprint density at radius 3 is 2.75 bits per heavy atom. The van der Waals surface area contributed by atoms with Crippen LogP contribution in [0.5, 0.6) is 11.5 Å². The van der Waals surface area contributed by atoms with Gasteiger partial charge in [0.25, 0.3) is 5.56 Å². The number of hydrogen-bond donors (Lipinski definition) is 0. The molecule has 0 unspecified atom stereocenters. The molecule has 1 aliphatic heterocycles. The number of ether oxygens (including phenoxy) is 2. The van der Waals surface area contributed by atoms with E-state index >= 15 is 0 Å². The molecule has 4 aromatic rings. The first-order valence-corrected chi connectivity index (χ1v) is 10.2. The Morgan fingerprint density at radius 2 is 1.93 bits per heavy atom. The number of aromatic nitrogens is 1. The molecular formula is C22H16ClNO3S. The van der Waals surface area contributed by atoms with Crippen molar-refractivity contribution in [2.75, 3.05) is 6.79 Å². The fraction of sp³-hybridized carbons (Fsp3) is 0.136. The number of halogens is 1. The quantitative estimate of drug-likeness (QED) is 0.450. The molecule has 5 rings (SSSR count). The van der Waals surface area contributed by atoms with Crippen molar-refractivity contribution in [3.05, 3.63) is 79.9 Å². The second-order valence-electron chi connectivity index (χ2n) is 6.74. The van der Waals surface area contributed by atoms with E-state index in [9.17, 15) is 4.79 Å². The number of thiophene rings is 1. The Kier molecular flexibility index (Phi) is 4.14. The van der Waals surface area contributed by atoms with E-state index in [2.05, 4.69) is 11.4 Å². The van der Waals surface area contributed by atoms with Crippen LogP contribution in [0.1, 0.15) is 11.3 Å². The molecule has 3 heterocycles. The number of hydrogen-bond acceptors (Lipinski definition) is 4. The molecule has 0 saturated carbocycles. The summed E-state index contributed by atoms with van der Waals surface area (Å²) in [4.78, 5) is 13.3. The lowest BCUT2D eigenvalue weighted by Gasteiger charge is -2.17. The fourth-order valence-corrected chi connectivity index (χ4v) is 4.54. The molecule has 0 spiro atoms. The normalized spacial score (nSPS) is 12.6. The Bertz CT molecular complexity index is 1260. The maximum atomic E-state index is 13.3. The molecule has 28 heavy (non-hydrogen) atoms. The third-order valence-corrected chi connectivity index (χ3v) is 6.00. The van der Waals surface area contributed by atoms with Crippen molar-refractivity contribution in [1.29, 1.82) is 0 Å². The predicted octanol–water partition coefficient (Wildman–Crippen LogP) is 5.47. The molecule has 140 valence electrons. The second kappa shape index (κ2) is 6.69. The summed E-state index contributed by atoms with van der Waals surface area (Å²) in [5.74, 6) is 1.45. The lowest BCUT2D eigenvalue weighted by molar-refractivity contribution is 0.174. The van der Waals surface area contributed by atoms with Gasteiger partial charge in [-0.25, -0.2) is 0 Å². The zero-order valence-electron chi connectivity index (χ0n) is 15.1. The molecule has 2 aromatic heterocycles. The van der Waals surface area contributed by atoms with Gasteiger partial charge in [0.15, 0.2) is 11.5 Å². The van der Waals surface area contributed by atoms with E-state index in [1.165, 1.54) is 0 Å². The van der Waals surface area contributed by atoms with Gasteiger partial charge in [-0.2, -0.15) is 11.3 Å². The molecule has 4 nitrogen and oxygen atoms in total. The first kappa shape index (κ1) is 17.3. The van der Waals surface area contributed by atoms with Gasteiger partial charge < -0.3 is 14.0 Å². The smallest absolute Gasteiger partial charge is 0.258 e. The zero-order valence-corrected chi connectivity index (χ0v) is 16.6. The lowest BCUT2D eigenvalue weighted by Crippen LogP contribution is -2.24. The number of benzene rings is 2. The van der Waals surface area contributed by atoms with Gasteiger partial charge in [-0.3, -0.25) is 4.79 Å². The highest BCUT2D eigenvalue weighted by molar-refractivity contribution is 7.08. The van der Waals surface area contributed by atoms with E-state index in [0.717, 1.165) is 33.5 Å².